The van der Waals surface area contributed by atoms with Gasteiger partial charge in [0.25, 0.3) is 0 Å². The van der Waals surface area contributed by atoms with Gasteiger partial charge in [-0.3, -0.25) is 0 Å². The molecule has 0 fully saturated rings. The summed E-state index contributed by atoms with van der Waals surface area (Å²) < 4.78 is 5.78. The van der Waals surface area contributed by atoms with Crippen LogP contribution in [0.2, 0.25) is 5.15 Å². The zero-order chi connectivity index (χ0) is 11.5. The first kappa shape index (κ1) is 11.6. The Bertz CT molecular complexity index is 485. The molecule has 0 N–H and O–H groups in total. The summed E-state index contributed by atoms with van der Waals surface area (Å²) in [7, 11) is 0. The second-order valence-electron chi connectivity index (χ2n) is 3.36. The van der Waals surface area contributed by atoms with Crippen LogP contribution in [0.25, 0.3) is 11.4 Å². The minimum absolute atomic E-state index is 0.439. The Hall–Kier alpha value is -0.870. The van der Waals surface area contributed by atoms with E-state index in [0.29, 0.717) is 11.0 Å². The van der Waals surface area contributed by atoms with Crippen molar-refractivity contribution in [3.05, 3.63) is 33.9 Å². The van der Waals surface area contributed by atoms with E-state index in [1.165, 1.54) is 0 Å². The van der Waals surface area contributed by atoms with E-state index in [0.717, 1.165) is 28.6 Å². The molecule has 0 aliphatic carbocycles. The van der Waals surface area contributed by atoms with E-state index >= 15 is 0 Å². The largest absolute Gasteiger partial charge is 0.472 e. The maximum Gasteiger partial charge on any atom is 0.164 e. The van der Waals surface area contributed by atoms with Crippen molar-refractivity contribution in [1.82, 2.24) is 9.97 Å². The number of hydrogen-bond acceptors (Lipinski definition) is 3. The summed E-state index contributed by atoms with van der Waals surface area (Å²) in [5.41, 5.74) is 1.77. The number of furan rings is 1. The molecule has 16 heavy (non-hydrogen) atoms. The summed E-state index contributed by atoms with van der Waals surface area (Å²) in [5, 5.41) is 0.439. The van der Waals surface area contributed by atoms with Crippen LogP contribution in [0, 0.1) is 0 Å². The van der Waals surface area contributed by atoms with Crippen LogP contribution in [0.15, 0.2) is 27.5 Å². The molecular weight excluding hydrogens is 291 g/mol. The Balaban J connectivity index is 2.48. The molecule has 2 aromatic heterocycles. The van der Waals surface area contributed by atoms with Gasteiger partial charge < -0.3 is 4.42 Å². The van der Waals surface area contributed by atoms with E-state index < -0.39 is 0 Å². The highest BCUT2D eigenvalue weighted by molar-refractivity contribution is 9.10. The highest BCUT2D eigenvalue weighted by Gasteiger charge is 2.11. The monoisotopic (exact) mass is 300 g/mol. The van der Waals surface area contributed by atoms with Crippen LogP contribution in [0.4, 0.5) is 0 Å². The number of rotatable bonds is 3. The molecule has 0 aliphatic heterocycles. The lowest BCUT2D eigenvalue weighted by atomic mass is 10.2. The van der Waals surface area contributed by atoms with Crippen molar-refractivity contribution in [2.75, 3.05) is 0 Å². The molecule has 0 aromatic carbocycles. The summed E-state index contributed by atoms with van der Waals surface area (Å²) in [6, 6.07) is 1.81. The second-order valence-corrected chi connectivity index (χ2v) is 4.51. The first-order chi connectivity index (χ1) is 7.72. The minimum atomic E-state index is 0.439. The van der Waals surface area contributed by atoms with Crippen LogP contribution >= 0.6 is 27.5 Å². The molecule has 84 valence electrons. The highest BCUT2D eigenvalue weighted by atomic mass is 79.9. The average molecular weight is 302 g/mol. The van der Waals surface area contributed by atoms with Gasteiger partial charge in [0.1, 0.15) is 11.4 Å². The van der Waals surface area contributed by atoms with Crippen LogP contribution in [0.1, 0.15) is 19.0 Å². The van der Waals surface area contributed by atoms with E-state index in [1.807, 2.05) is 6.07 Å². The van der Waals surface area contributed by atoms with Crippen molar-refractivity contribution in [2.45, 2.75) is 19.8 Å². The van der Waals surface area contributed by atoms with Crippen LogP contribution in [0.5, 0.6) is 0 Å². The number of hydrogen-bond donors (Lipinski definition) is 0. The summed E-state index contributed by atoms with van der Waals surface area (Å²) >= 11 is 9.44. The van der Waals surface area contributed by atoms with Crippen molar-refractivity contribution < 1.29 is 4.42 Å². The minimum Gasteiger partial charge on any atom is -0.472 e. The average Bonchev–Trinajstić information content (AvgIpc) is 2.78. The smallest absolute Gasteiger partial charge is 0.164 e. The fourth-order valence-corrected chi connectivity index (χ4v) is 1.95. The van der Waals surface area contributed by atoms with Crippen molar-refractivity contribution in [3.63, 3.8) is 0 Å². The standard InChI is InChI=1S/C11H10BrClN2O/c1-2-3-8-9(12)10(13)15-11(14-8)7-4-5-16-6-7/h4-6H,2-3H2,1H3. The molecule has 2 rings (SSSR count). The van der Waals surface area contributed by atoms with Gasteiger partial charge in [0, 0.05) is 0 Å². The molecule has 0 bridgehead atoms. The van der Waals surface area contributed by atoms with Crippen molar-refractivity contribution in [3.8, 4) is 11.4 Å². The molecule has 0 saturated heterocycles. The quantitative estimate of drug-likeness (QED) is 0.801. The van der Waals surface area contributed by atoms with Crippen molar-refractivity contribution in [1.29, 1.82) is 0 Å². The van der Waals surface area contributed by atoms with Gasteiger partial charge in [0.15, 0.2) is 5.82 Å². The highest BCUT2D eigenvalue weighted by Crippen LogP contribution is 2.27. The van der Waals surface area contributed by atoms with Gasteiger partial charge in [0.2, 0.25) is 0 Å². The maximum atomic E-state index is 6.04. The molecule has 0 unspecified atom stereocenters. The summed E-state index contributed by atoms with van der Waals surface area (Å²) in [6.45, 7) is 2.10. The fraction of sp³-hybridized carbons (Fsp3) is 0.273. The van der Waals surface area contributed by atoms with Crippen molar-refractivity contribution >= 4 is 27.5 Å². The van der Waals surface area contributed by atoms with Gasteiger partial charge in [-0.05, 0) is 28.4 Å². The summed E-state index contributed by atoms with van der Waals surface area (Å²) in [4.78, 5) is 8.67. The SMILES string of the molecule is CCCc1nc(-c2ccoc2)nc(Cl)c1Br. The van der Waals surface area contributed by atoms with Gasteiger partial charge >= 0.3 is 0 Å². The molecular formula is C11H10BrClN2O. The lowest BCUT2D eigenvalue weighted by Crippen LogP contribution is -1.97. The lowest BCUT2D eigenvalue weighted by molar-refractivity contribution is 0.568. The van der Waals surface area contributed by atoms with Gasteiger partial charge in [-0.1, -0.05) is 24.9 Å². The molecule has 0 amide bonds. The van der Waals surface area contributed by atoms with Gasteiger partial charge in [0.05, 0.1) is 22.0 Å². The van der Waals surface area contributed by atoms with E-state index in [2.05, 4.69) is 32.8 Å². The predicted molar refractivity (Wildman–Crippen MR) is 66.4 cm³/mol. The molecule has 0 atom stereocenters. The van der Waals surface area contributed by atoms with Crippen LogP contribution < -0.4 is 0 Å². The first-order valence-electron chi connectivity index (χ1n) is 4.97. The Morgan fingerprint density at radius 3 is 2.88 bits per heavy atom. The Labute approximate surface area is 107 Å². The summed E-state index contributed by atoms with van der Waals surface area (Å²) in [6.07, 6.45) is 5.08. The fourth-order valence-electron chi connectivity index (χ4n) is 1.39. The van der Waals surface area contributed by atoms with Gasteiger partial charge in [-0.15, -0.1) is 0 Å². The molecule has 2 aromatic rings. The molecule has 0 spiro atoms. The Morgan fingerprint density at radius 2 is 2.25 bits per heavy atom. The number of aromatic nitrogens is 2. The predicted octanol–water partition coefficient (Wildman–Crippen LogP) is 4.11. The number of aryl methyl sites for hydroxylation is 1. The number of nitrogens with zero attached hydrogens (tertiary/aromatic N) is 2. The molecule has 2 heterocycles. The van der Waals surface area contributed by atoms with Crippen LogP contribution in [-0.4, -0.2) is 9.97 Å². The number of halogens is 2. The van der Waals surface area contributed by atoms with Gasteiger partial charge in [-0.25, -0.2) is 9.97 Å². The zero-order valence-electron chi connectivity index (χ0n) is 8.70. The molecule has 0 radical (unpaired) electrons. The van der Waals surface area contributed by atoms with Gasteiger partial charge in [-0.2, -0.15) is 0 Å². The normalized spacial score (nSPS) is 10.7. The second kappa shape index (κ2) is 4.97. The maximum absolute atomic E-state index is 6.04. The van der Waals surface area contributed by atoms with Crippen LogP contribution in [0.3, 0.4) is 0 Å². The zero-order valence-corrected chi connectivity index (χ0v) is 11.0. The summed E-state index contributed by atoms with van der Waals surface area (Å²) in [5.74, 6) is 0.602. The van der Waals surface area contributed by atoms with E-state index in [1.54, 1.807) is 12.5 Å². The molecule has 3 nitrogen and oxygen atoms in total. The molecule has 5 heteroatoms. The Morgan fingerprint density at radius 1 is 1.44 bits per heavy atom. The third-order valence-electron chi connectivity index (χ3n) is 2.15. The van der Waals surface area contributed by atoms with Crippen molar-refractivity contribution in [2.24, 2.45) is 0 Å². The molecule has 0 aliphatic rings. The van der Waals surface area contributed by atoms with E-state index in [9.17, 15) is 0 Å². The third kappa shape index (κ3) is 2.28. The van der Waals surface area contributed by atoms with Crippen LogP contribution in [-0.2, 0) is 6.42 Å². The first-order valence-corrected chi connectivity index (χ1v) is 6.14. The van der Waals surface area contributed by atoms with E-state index in [-0.39, 0.29) is 0 Å². The lowest BCUT2D eigenvalue weighted by Gasteiger charge is -2.05. The van der Waals surface area contributed by atoms with E-state index in [4.69, 9.17) is 16.0 Å². The molecule has 0 saturated carbocycles. The topological polar surface area (TPSA) is 38.9 Å². The third-order valence-corrected chi connectivity index (χ3v) is 3.48. The Kier molecular flexibility index (Phi) is 3.61.